The number of carbonyl (C=O) groups is 1. The number of ether oxygens (including phenoxy) is 1. The molecule has 0 spiro atoms. The first-order valence-electron chi connectivity index (χ1n) is 7.68. The van der Waals surface area contributed by atoms with Crippen LogP contribution in [0.4, 0.5) is 0 Å². The van der Waals surface area contributed by atoms with Crippen LogP contribution in [0.3, 0.4) is 0 Å². The van der Waals surface area contributed by atoms with E-state index in [1.807, 2.05) is 13.8 Å². The summed E-state index contributed by atoms with van der Waals surface area (Å²) < 4.78 is 5.37. The van der Waals surface area contributed by atoms with E-state index in [2.05, 4.69) is 4.90 Å². The zero-order valence-electron chi connectivity index (χ0n) is 12.2. The fourth-order valence-corrected chi connectivity index (χ4v) is 3.23. The molecule has 2 atom stereocenters. The van der Waals surface area contributed by atoms with Crippen molar-refractivity contribution in [1.82, 2.24) is 4.90 Å². The summed E-state index contributed by atoms with van der Waals surface area (Å²) in [6, 6.07) is 0.236. The van der Waals surface area contributed by atoms with Crippen molar-refractivity contribution in [2.75, 3.05) is 13.2 Å². The zero-order chi connectivity index (χ0) is 13.8. The molecule has 2 fully saturated rings. The average Bonchev–Trinajstić information content (AvgIpc) is 2.79. The van der Waals surface area contributed by atoms with E-state index in [4.69, 9.17) is 4.74 Å². The Labute approximate surface area is 116 Å². The quantitative estimate of drug-likeness (QED) is 0.793. The molecule has 0 bridgehead atoms. The number of hydrogen-bond acceptors (Lipinski definition) is 4. The Morgan fingerprint density at radius 2 is 2.00 bits per heavy atom. The van der Waals surface area contributed by atoms with Gasteiger partial charge in [0.05, 0.1) is 12.7 Å². The minimum Gasteiger partial charge on any atom is -0.464 e. The first-order chi connectivity index (χ1) is 9.08. The molecule has 110 valence electrons. The van der Waals surface area contributed by atoms with Gasteiger partial charge in [0.1, 0.15) is 6.04 Å². The fraction of sp³-hybridized carbons (Fsp3) is 0.933. The Kier molecular flexibility index (Phi) is 5.22. The minimum absolute atomic E-state index is 0.143. The zero-order valence-corrected chi connectivity index (χ0v) is 12.2. The van der Waals surface area contributed by atoms with E-state index in [0.717, 1.165) is 12.8 Å². The van der Waals surface area contributed by atoms with E-state index in [0.29, 0.717) is 31.5 Å². The molecule has 1 N–H and O–H groups in total. The first kappa shape index (κ1) is 14.8. The molecule has 1 aliphatic heterocycles. The van der Waals surface area contributed by atoms with Crippen LogP contribution in [-0.4, -0.2) is 47.3 Å². The Balaban J connectivity index is 1.94. The number of esters is 1. The van der Waals surface area contributed by atoms with Gasteiger partial charge in [-0.15, -0.1) is 0 Å². The Bertz CT molecular complexity index is 300. The summed E-state index contributed by atoms with van der Waals surface area (Å²) in [5, 5.41) is 9.88. The van der Waals surface area contributed by atoms with Crippen LogP contribution < -0.4 is 0 Å². The summed E-state index contributed by atoms with van der Waals surface area (Å²) in [6.45, 7) is 5.18. The highest BCUT2D eigenvalue weighted by atomic mass is 16.5. The summed E-state index contributed by atoms with van der Waals surface area (Å²) in [5.41, 5.74) is 0. The summed E-state index contributed by atoms with van der Waals surface area (Å²) in [4.78, 5) is 14.4. The van der Waals surface area contributed by atoms with Crippen LogP contribution >= 0.6 is 0 Å². The molecule has 1 saturated heterocycles. The Hall–Kier alpha value is -0.610. The van der Waals surface area contributed by atoms with Crippen molar-refractivity contribution in [3.05, 3.63) is 0 Å². The normalized spacial score (nSPS) is 29.9. The van der Waals surface area contributed by atoms with E-state index in [1.165, 1.54) is 19.3 Å². The molecule has 0 aromatic heterocycles. The van der Waals surface area contributed by atoms with Gasteiger partial charge < -0.3 is 9.84 Å². The molecule has 4 nitrogen and oxygen atoms in total. The van der Waals surface area contributed by atoms with Gasteiger partial charge in [0.15, 0.2) is 0 Å². The SMILES string of the molecule is CC(C)COC(=O)C1CC(O)CN1C1CCCCC1. The third kappa shape index (κ3) is 3.93. The van der Waals surface area contributed by atoms with Crippen LogP contribution in [0.25, 0.3) is 0 Å². The monoisotopic (exact) mass is 269 g/mol. The lowest BCUT2D eigenvalue weighted by Crippen LogP contribution is -2.45. The minimum atomic E-state index is -0.376. The molecule has 19 heavy (non-hydrogen) atoms. The van der Waals surface area contributed by atoms with Crippen molar-refractivity contribution in [3.8, 4) is 0 Å². The van der Waals surface area contributed by atoms with Gasteiger partial charge in [0.25, 0.3) is 0 Å². The highest BCUT2D eigenvalue weighted by Gasteiger charge is 2.40. The molecule has 4 heteroatoms. The maximum absolute atomic E-state index is 12.2. The van der Waals surface area contributed by atoms with Crippen molar-refractivity contribution in [3.63, 3.8) is 0 Å². The van der Waals surface area contributed by atoms with Crippen LogP contribution in [0, 0.1) is 5.92 Å². The number of carbonyl (C=O) groups excluding carboxylic acids is 1. The number of aliphatic hydroxyl groups is 1. The van der Waals surface area contributed by atoms with Crippen molar-refractivity contribution in [2.45, 2.75) is 70.6 Å². The van der Waals surface area contributed by atoms with Crippen LogP contribution in [0.15, 0.2) is 0 Å². The highest BCUT2D eigenvalue weighted by Crippen LogP contribution is 2.29. The first-order valence-corrected chi connectivity index (χ1v) is 7.68. The lowest BCUT2D eigenvalue weighted by molar-refractivity contribution is -0.151. The molecular weight excluding hydrogens is 242 g/mol. The van der Waals surface area contributed by atoms with E-state index in [-0.39, 0.29) is 18.1 Å². The molecule has 1 heterocycles. The van der Waals surface area contributed by atoms with Gasteiger partial charge in [-0.05, 0) is 18.8 Å². The second-order valence-electron chi connectivity index (χ2n) is 6.42. The van der Waals surface area contributed by atoms with Gasteiger partial charge in [0, 0.05) is 19.0 Å². The van der Waals surface area contributed by atoms with Gasteiger partial charge in [-0.25, -0.2) is 0 Å². The van der Waals surface area contributed by atoms with E-state index in [9.17, 15) is 9.90 Å². The van der Waals surface area contributed by atoms with Crippen molar-refractivity contribution >= 4 is 5.97 Å². The highest BCUT2D eigenvalue weighted by molar-refractivity contribution is 5.76. The molecule has 0 amide bonds. The van der Waals surface area contributed by atoms with Crippen molar-refractivity contribution in [1.29, 1.82) is 0 Å². The summed E-state index contributed by atoms with van der Waals surface area (Å²) in [5.74, 6) is 0.217. The third-order valence-corrected chi connectivity index (χ3v) is 4.19. The number of nitrogens with zero attached hydrogens (tertiary/aromatic N) is 1. The van der Waals surface area contributed by atoms with Crippen molar-refractivity contribution in [2.24, 2.45) is 5.92 Å². The van der Waals surface area contributed by atoms with Gasteiger partial charge in [-0.2, -0.15) is 0 Å². The second kappa shape index (κ2) is 6.71. The molecule has 0 radical (unpaired) electrons. The van der Waals surface area contributed by atoms with Crippen LogP contribution in [0.5, 0.6) is 0 Å². The van der Waals surface area contributed by atoms with E-state index < -0.39 is 0 Å². The summed E-state index contributed by atoms with van der Waals surface area (Å²) >= 11 is 0. The molecule has 1 saturated carbocycles. The Morgan fingerprint density at radius 1 is 1.32 bits per heavy atom. The Morgan fingerprint density at radius 3 is 2.63 bits per heavy atom. The molecular formula is C15H27NO3. The average molecular weight is 269 g/mol. The fourth-order valence-electron chi connectivity index (χ4n) is 3.23. The standard InChI is InChI=1S/C15H27NO3/c1-11(2)10-19-15(18)14-8-13(17)9-16(14)12-6-4-3-5-7-12/h11-14,17H,3-10H2,1-2H3. The number of rotatable bonds is 4. The van der Waals surface area contributed by atoms with Gasteiger partial charge in [-0.3, -0.25) is 9.69 Å². The molecule has 0 aromatic carbocycles. The smallest absolute Gasteiger partial charge is 0.323 e. The maximum Gasteiger partial charge on any atom is 0.323 e. The molecule has 2 aliphatic rings. The largest absolute Gasteiger partial charge is 0.464 e. The number of β-amino-alcohol motifs (C(OH)–C–C–N with tert-alkyl or cyclic N) is 1. The summed E-state index contributed by atoms with van der Waals surface area (Å²) in [6.07, 6.45) is 6.25. The maximum atomic E-state index is 12.2. The van der Waals surface area contributed by atoms with Crippen LogP contribution in [0.2, 0.25) is 0 Å². The second-order valence-corrected chi connectivity index (χ2v) is 6.42. The van der Waals surface area contributed by atoms with Gasteiger partial charge >= 0.3 is 5.97 Å². The third-order valence-electron chi connectivity index (χ3n) is 4.19. The molecule has 1 aliphatic carbocycles. The molecule has 2 rings (SSSR count). The lowest BCUT2D eigenvalue weighted by atomic mass is 9.94. The van der Waals surface area contributed by atoms with E-state index in [1.54, 1.807) is 0 Å². The van der Waals surface area contributed by atoms with Gasteiger partial charge in [0.2, 0.25) is 0 Å². The number of aliphatic hydroxyl groups excluding tert-OH is 1. The van der Waals surface area contributed by atoms with E-state index >= 15 is 0 Å². The predicted octanol–water partition coefficient (Wildman–Crippen LogP) is 1.95. The number of hydrogen-bond donors (Lipinski definition) is 1. The summed E-state index contributed by atoms with van der Waals surface area (Å²) in [7, 11) is 0. The molecule has 2 unspecified atom stereocenters. The molecule has 0 aromatic rings. The van der Waals surface area contributed by atoms with Crippen molar-refractivity contribution < 1.29 is 14.6 Å². The van der Waals surface area contributed by atoms with Gasteiger partial charge in [-0.1, -0.05) is 33.1 Å². The van der Waals surface area contributed by atoms with Crippen LogP contribution in [-0.2, 0) is 9.53 Å². The predicted molar refractivity (Wildman–Crippen MR) is 73.8 cm³/mol. The lowest BCUT2D eigenvalue weighted by Gasteiger charge is -2.34. The topological polar surface area (TPSA) is 49.8 Å². The number of likely N-dealkylation sites (tertiary alicyclic amines) is 1. The van der Waals surface area contributed by atoms with Crippen LogP contribution in [0.1, 0.15) is 52.4 Å².